The van der Waals surface area contributed by atoms with E-state index in [1.54, 1.807) is 0 Å². The summed E-state index contributed by atoms with van der Waals surface area (Å²) in [6, 6.07) is 47.2. The van der Waals surface area contributed by atoms with Crippen molar-refractivity contribution in [2.75, 3.05) is 5.09 Å². The van der Waals surface area contributed by atoms with Crippen LogP contribution in [0.15, 0.2) is 142 Å². The number of hydrogen-bond acceptors (Lipinski definition) is 3. The van der Waals surface area contributed by atoms with Gasteiger partial charge in [-0.3, -0.25) is 0 Å². The Balaban J connectivity index is 0.000000603. The van der Waals surface area contributed by atoms with Crippen LogP contribution < -0.4 is 15.7 Å². The van der Waals surface area contributed by atoms with Crippen LogP contribution >= 0.6 is 16.1 Å². The normalized spacial score (nSPS) is 15.7. The molecule has 2 aliphatic rings. The van der Waals surface area contributed by atoms with Gasteiger partial charge in [-0.25, -0.2) is 5.09 Å². The molecule has 2 saturated carbocycles. The maximum atomic E-state index is 6.77. The van der Waals surface area contributed by atoms with Crippen molar-refractivity contribution in [1.29, 1.82) is 0 Å². The molecule has 2 fully saturated rings. The van der Waals surface area contributed by atoms with Crippen molar-refractivity contribution in [2.24, 2.45) is 0 Å². The SMILES string of the molecule is C[C@H](Np1oc2ccc3ccccc3c2c2c(ccc3ccccc32)o1)[C]1[CH][CH][CH][C]1P(c1ccccc1)c1ccccc1.[CH]1[CH][CH][CH][CH]1.[Fe+2]. The van der Waals surface area contributed by atoms with E-state index in [1.807, 2.05) is 32.1 Å². The predicted molar refractivity (Wildman–Crippen MR) is 210 cm³/mol. The summed E-state index contributed by atoms with van der Waals surface area (Å²) in [5.74, 6) is 1.26. The molecule has 0 bridgehead atoms. The first kappa shape index (κ1) is 35.1. The van der Waals surface area contributed by atoms with Crippen molar-refractivity contribution < 1.29 is 25.5 Å². The summed E-state index contributed by atoms with van der Waals surface area (Å²) in [7, 11) is -2.24. The summed E-state index contributed by atoms with van der Waals surface area (Å²) >= 11 is 0. The molecule has 2 aliphatic carbocycles. The van der Waals surface area contributed by atoms with Gasteiger partial charge >= 0.3 is 25.2 Å². The van der Waals surface area contributed by atoms with Crippen LogP contribution in [-0.4, -0.2) is 6.04 Å². The van der Waals surface area contributed by atoms with Gasteiger partial charge < -0.3 is 8.39 Å². The van der Waals surface area contributed by atoms with Crippen LogP contribution in [0.5, 0.6) is 0 Å². The molecule has 1 N–H and O–H groups in total. The summed E-state index contributed by atoms with van der Waals surface area (Å²) in [4.78, 5) is 0. The number of benzene rings is 6. The zero-order valence-corrected chi connectivity index (χ0v) is 30.4. The van der Waals surface area contributed by atoms with Crippen LogP contribution in [0.4, 0.5) is 0 Å². The second-order valence-electron chi connectivity index (χ2n) is 11.9. The van der Waals surface area contributed by atoms with Gasteiger partial charge in [-0.2, -0.15) is 0 Å². The quantitative estimate of drug-likeness (QED) is 0.137. The Morgan fingerprint density at radius 2 is 0.980 bits per heavy atom. The van der Waals surface area contributed by atoms with E-state index >= 15 is 0 Å². The Kier molecular flexibility index (Phi) is 11.5. The molecule has 50 heavy (non-hydrogen) atoms. The standard InChI is InChI=1S/C39H30NO2P2.C5H5.Fe/c1-27(32-21-12-22-37(32)43(30-15-4-2-5-16-30)31-17-6-3-7-18-31)40-44-41-35-25-23-28-13-8-10-19-33(28)38(35)39-34-20-11-9-14-29(34)24-26-36(39)42-44;1-2-4-5-3-1;/h2-27,40H,1H3;1-5H;/q;;+2/t27-;;/m0../s1. The molecule has 6 heteroatoms. The molecule has 3 nitrogen and oxygen atoms in total. The fraction of sp³-hybridized carbons (Fsp3) is 0.0455. The number of fused-ring (bicyclic) bond motifs is 7. The van der Waals surface area contributed by atoms with Gasteiger partial charge in [-0.1, -0.05) is 121 Å². The summed E-state index contributed by atoms with van der Waals surface area (Å²) in [5, 5.41) is 13.3. The Hall–Kier alpha value is -3.35. The fourth-order valence-corrected chi connectivity index (χ4v) is 10.4. The van der Waals surface area contributed by atoms with E-state index in [-0.39, 0.29) is 23.1 Å². The number of nitrogens with one attached hydrogen (secondary N) is 1. The Bertz CT molecular complexity index is 2070. The summed E-state index contributed by atoms with van der Waals surface area (Å²) in [6.45, 7) is 2.21. The third kappa shape index (κ3) is 7.34. The first-order valence-corrected chi connectivity index (χ1v) is 19.0. The molecule has 6 aromatic carbocycles. The largest absolute Gasteiger partial charge is 2.00 e. The van der Waals surface area contributed by atoms with Gasteiger partial charge in [0.05, 0.1) is 0 Å². The molecule has 9 rings (SSSR count). The van der Waals surface area contributed by atoms with Crippen LogP contribution in [0.2, 0.25) is 0 Å². The minimum absolute atomic E-state index is 0. The Morgan fingerprint density at radius 1 is 0.520 bits per heavy atom. The molecule has 1 aromatic heterocycles. The van der Waals surface area contributed by atoms with Crippen LogP contribution in [0.1, 0.15) is 6.92 Å². The maximum Gasteiger partial charge on any atom is 2.00 e. The van der Waals surface area contributed by atoms with Gasteiger partial charge in [0.15, 0.2) is 0 Å². The molecule has 0 unspecified atom stereocenters. The van der Waals surface area contributed by atoms with E-state index in [4.69, 9.17) is 8.39 Å². The predicted octanol–water partition coefficient (Wildman–Crippen LogP) is 11.4. The second kappa shape index (κ2) is 16.3. The smallest absolute Gasteiger partial charge is 0.408 e. The maximum absolute atomic E-state index is 6.77. The summed E-state index contributed by atoms with van der Waals surface area (Å²) in [5.41, 5.74) is 3.02. The van der Waals surface area contributed by atoms with Gasteiger partial charge in [-0.05, 0) is 110 Å². The van der Waals surface area contributed by atoms with Crippen molar-refractivity contribution in [3.63, 3.8) is 0 Å². The first-order chi connectivity index (χ1) is 24.2. The van der Waals surface area contributed by atoms with E-state index in [0.717, 1.165) is 32.7 Å². The van der Waals surface area contributed by atoms with Crippen LogP contribution in [0, 0.1) is 62.9 Å². The van der Waals surface area contributed by atoms with Gasteiger partial charge in [0.2, 0.25) is 0 Å². The molecule has 1 atom stereocenters. The van der Waals surface area contributed by atoms with Crippen molar-refractivity contribution in [3.05, 3.63) is 196 Å². The zero-order valence-electron chi connectivity index (χ0n) is 27.5. The minimum Gasteiger partial charge on any atom is -0.408 e. The third-order valence-corrected chi connectivity index (χ3v) is 12.7. The van der Waals surface area contributed by atoms with Crippen molar-refractivity contribution in [3.8, 4) is 0 Å². The number of hydrogen-bond donors (Lipinski definition) is 1. The third-order valence-electron chi connectivity index (χ3n) is 8.81. The van der Waals surface area contributed by atoms with Gasteiger partial charge in [0, 0.05) is 28.4 Å². The van der Waals surface area contributed by atoms with Crippen molar-refractivity contribution >= 4 is 70.2 Å². The van der Waals surface area contributed by atoms with E-state index in [0.29, 0.717) is 0 Å². The molecule has 7 aromatic rings. The van der Waals surface area contributed by atoms with Crippen molar-refractivity contribution in [1.82, 2.24) is 0 Å². The molecule has 0 amide bonds. The van der Waals surface area contributed by atoms with Crippen molar-refractivity contribution in [2.45, 2.75) is 13.0 Å². The Labute approximate surface area is 308 Å². The van der Waals surface area contributed by atoms with Crippen LogP contribution in [0.25, 0.3) is 43.5 Å². The second-order valence-corrected chi connectivity index (χ2v) is 15.3. The van der Waals surface area contributed by atoms with Gasteiger partial charge in [0.1, 0.15) is 11.2 Å². The molecular formula is C44H35FeNO2P2+2. The number of rotatable bonds is 6. The summed E-state index contributed by atoms with van der Waals surface area (Å²) < 4.78 is 13.5. The van der Waals surface area contributed by atoms with Gasteiger partial charge in [0.25, 0.3) is 0 Å². The fourth-order valence-electron chi connectivity index (χ4n) is 6.55. The monoisotopic (exact) mass is 727 g/mol. The summed E-state index contributed by atoms with van der Waals surface area (Å²) in [6.07, 6.45) is 16.7. The molecule has 0 spiro atoms. The molecule has 0 saturated heterocycles. The topological polar surface area (TPSA) is 38.3 Å². The molecule has 1 heterocycles. The zero-order chi connectivity index (χ0) is 33.0. The van der Waals surface area contributed by atoms with Crippen LogP contribution in [0.3, 0.4) is 0 Å². The first-order valence-electron chi connectivity index (χ1n) is 16.5. The minimum atomic E-state index is -1.51. The average Bonchev–Trinajstić information content (AvgIpc) is 3.87. The molecule has 0 aliphatic heterocycles. The van der Waals surface area contributed by atoms with E-state index in [2.05, 4.69) is 165 Å². The van der Waals surface area contributed by atoms with Crippen LogP contribution in [-0.2, 0) is 17.1 Å². The molecular weight excluding hydrogens is 692 g/mol. The van der Waals surface area contributed by atoms with E-state index < -0.39 is 16.1 Å². The average molecular weight is 728 g/mol. The van der Waals surface area contributed by atoms with E-state index in [9.17, 15) is 0 Å². The molecule has 244 valence electrons. The van der Waals surface area contributed by atoms with Gasteiger partial charge in [-0.15, -0.1) is 0 Å². The molecule has 10 radical (unpaired) electrons. The van der Waals surface area contributed by atoms with E-state index in [1.165, 1.54) is 33.0 Å². The Morgan fingerprint density at radius 3 is 1.48 bits per heavy atom.